The molecule has 0 fully saturated rings. The van der Waals surface area contributed by atoms with Gasteiger partial charge in [-0.15, -0.1) is 11.3 Å². The number of fused-ring (bicyclic) bond motifs is 9. The lowest BCUT2D eigenvalue weighted by molar-refractivity contribution is 0.660. The molecule has 0 spiro atoms. The molecular formula is C57H41NSSi. The summed E-state index contributed by atoms with van der Waals surface area (Å²) in [5, 5.41) is 8.32. The lowest BCUT2D eigenvalue weighted by Crippen LogP contribution is -2.72. The Balaban J connectivity index is 1.03. The molecule has 1 nitrogen and oxygen atoms in total. The van der Waals surface area contributed by atoms with E-state index in [1.54, 1.807) is 0 Å². The Morgan fingerprint density at radius 2 is 0.967 bits per heavy atom. The smallest absolute Gasteiger partial charge is 0.180 e. The molecule has 0 unspecified atom stereocenters. The number of anilines is 3. The summed E-state index contributed by atoms with van der Waals surface area (Å²) in [4.78, 5) is 2.47. The second-order valence-electron chi connectivity index (χ2n) is 16.8. The second-order valence-corrected chi connectivity index (χ2v) is 21.7. The first-order valence-corrected chi connectivity index (χ1v) is 23.7. The van der Waals surface area contributed by atoms with E-state index in [0.717, 1.165) is 17.1 Å². The molecule has 1 aliphatic heterocycles. The van der Waals surface area contributed by atoms with Crippen LogP contribution in [0.2, 0.25) is 0 Å². The fourth-order valence-electron chi connectivity index (χ4n) is 10.6. The average Bonchev–Trinajstić information content (AvgIpc) is 3.91. The summed E-state index contributed by atoms with van der Waals surface area (Å²) in [6.07, 6.45) is 0. The van der Waals surface area contributed by atoms with Gasteiger partial charge < -0.3 is 4.90 Å². The Kier molecular flexibility index (Phi) is 7.84. The second kappa shape index (κ2) is 13.4. The summed E-state index contributed by atoms with van der Waals surface area (Å²) in [5.74, 6) is 0. The van der Waals surface area contributed by atoms with Gasteiger partial charge in [-0.25, -0.2) is 0 Å². The van der Waals surface area contributed by atoms with Crippen LogP contribution in [0.3, 0.4) is 0 Å². The van der Waals surface area contributed by atoms with Crippen molar-refractivity contribution in [3.05, 3.63) is 223 Å². The molecule has 0 radical (unpaired) electrons. The summed E-state index contributed by atoms with van der Waals surface area (Å²) in [6, 6.07) is 80.1. The lowest BCUT2D eigenvalue weighted by Gasteiger charge is -2.33. The van der Waals surface area contributed by atoms with Crippen LogP contribution >= 0.6 is 11.3 Å². The van der Waals surface area contributed by atoms with Gasteiger partial charge in [0.15, 0.2) is 8.07 Å². The fourth-order valence-corrected chi connectivity index (χ4v) is 16.9. The number of rotatable bonds is 6. The van der Waals surface area contributed by atoms with Crippen molar-refractivity contribution in [3.63, 3.8) is 0 Å². The molecule has 284 valence electrons. The van der Waals surface area contributed by atoms with Crippen LogP contribution in [0, 0.1) is 0 Å². The molecule has 10 aromatic rings. The van der Waals surface area contributed by atoms with Crippen molar-refractivity contribution in [1.29, 1.82) is 0 Å². The van der Waals surface area contributed by atoms with Gasteiger partial charge in [-0.05, 0) is 114 Å². The van der Waals surface area contributed by atoms with E-state index in [1.165, 1.54) is 85.4 Å². The topological polar surface area (TPSA) is 3.24 Å². The van der Waals surface area contributed by atoms with Crippen LogP contribution in [0.15, 0.2) is 212 Å². The van der Waals surface area contributed by atoms with E-state index in [9.17, 15) is 0 Å². The molecule has 2 heterocycles. The fraction of sp³-hybridized carbons (Fsp3) is 0.0526. The zero-order chi connectivity index (χ0) is 40.0. The van der Waals surface area contributed by atoms with Crippen molar-refractivity contribution in [3.8, 4) is 33.4 Å². The third-order valence-electron chi connectivity index (χ3n) is 13.4. The van der Waals surface area contributed by atoms with Gasteiger partial charge in [0.2, 0.25) is 0 Å². The van der Waals surface area contributed by atoms with Gasteiger partial charge in [0.05, 0.1) is 0 Å². The maximum absolute atomic E-state index is 2.69. The monoisotopic (exact) mass is 799 g/mol. The minimum Gasteiger partial charge on any atom is -0.310 e. The van der Waals surface area contributed by atoms with Crippen molar-refractivity contribution in [1.82, 2.24) is 0 Å². The first kappa shape index (κ1) is 35.2. The van der Waals surface area contributed by atoms with E-state index in [0.29, 0.717) is 0 Å². The normalized spacial score (nSPS) is 14.1. The Morgan fingerprint density at radius 1 is 0.383 bits per heavy atom. The van der Waals surface area contributed by atoms with Crippen molar-refractivity contribution in [2.24, 2.45) is 0 Å². The van der Waals surface area contributed by atoms with Gasteiger partial charge in [-0.2, -0.15) is 0 Å². The molecule has 0 bridgehead atoms. The Morgan fingerprint density at radius 3 is 1.75 bits per heavy atom. The third-order valence-corrected chi connectivity index (χ3v) is 19.4. The maximum atomic E-state index is 2.50. The molecule has 2 aliphatic rings. The highest BCUT2D eigenvalue weighted by Gasteiger charge is 2.48. The highest BCUT2D eigenvalue weighted by atomic mass is 32.1. The SMILES string of the molecule is CC1(C)c2ccccc2-c2ccc(-c3ccc(N(c4cccc([Si]5(c6ccccc6)c6ccccc6-c6ccccc65)c4)c4ccc5c(c4)sc4ccccc45)cc3)cc21. The van der Waals surface area contributed by atoms with Gasteiger partial charge in [-0.1, -0.05) is 178 Å². The quantitative estimate of drug-likeness (QED) is 0.151. The maximum Gasteiger partial charge on any atom is 0.180 e. The van der Waals surface area contributed by atoms with Crippen LogP contribution < -0.4 is 25.6 Å². The molecule has 0 saturated carbocycles. The largest absolute Gasteiger partial charge is 0.310 e. The summed E-state index contributed by atoms with van der Waals surface area (Å²) in [7, 11) is -2.69. The van der Waals surface area contributed by atoms with Crippen molar-refractivity contribution in [2.45, 2.75) is 19.3 Å². The summed E-state index contributed by atoms with van der Waals surface area (Å²) in [5.41, 5.74) is 14.1. The number of benzene rings is 9. The number of hydrogen-bond donors (Lipinski definition) is 0. The van der Waals surface area contributed by atoms with Crippen molar-refractivity contribution >= 4 is 77.4 Å². The zero-order valence-electron chi connectivity index (χ0n) is 33.6. The van der Waals surface area contributed by atoms with E-state index in [2.05, 4.69) is 231 Å². The van der Waals surface area contributed by atoms with Gasteiger partial charge in [0.1, 0.15) is 0 Å². The highest BCUT2D eigenvalue weighted by Crippen LogP contribution is 2.50. The van der Waals surface area contributed by atoms with Crippen LogP contribution in [0.4, 0.5) is 17.1 Å². The first-order chi connectivity index (χ1) is 29.5. The molecular weight excluding hydrogens is 759 g/mol. The zero-order valence-corrected chi connectivity index (χ0v) is 35.4. The van der Waals surface area contributed by atoms with Crippen molar-refractivity contribution < 1.29 is 0 Å². The Labute approximate surface area is 356 Å². The summed E-state index contributed by atoms with van der Waals surface area (Å²) < 4.78 is 2.61. The van der Waals surface area contributed by atoms with Crippen LogP contribution in [0.5, 0.6) is 0 Å². The molecule has 0 saturated heterocycles. The van der Waals surface area contributed by atoms with Gasteiger partial charge in [0.25, 0.3) is 0 Å². The predicted octanol–water partition coefficient (Wildman–Crippen LogP) is 12.9. The molecule has 12 rings (SSSR count). The van der Waals surface area contributed by atoms with E-state index in [4.69, 9.17) is 0 Å². The van der Waals surface area contributed by atoms with E-state index >= 15 is 0 Å². The van der Waals surface area contributed by atoms with Crippen LogP contribution in [0.25, 0.3) is 53.6 Å². The first-order valence-electron chi connectivity index (χ1n) is 20.9. The molecule has 0 N–H and O–H groups in total. The summed E-state index contributed by atoms with van der Waals surface area (Å²) >= 11 is 1.87. The molecule has 0 atom stereocenters. The van der Waals surface area contributed by atoms with Gasteiger partial charge in [-0.3, -0.25) is 0 Å². The van der Waals surface area contributed by atoms with E-state index in [1.807, 2.05) is 11.3 Å². The van der Waals surface area contributed by atoms with Crippen LogP contribution in [-0.2, 0) is 5.41 Å². The average molecular weight is 800 g/mol. The predicted molar refractivity (Wildman–Crippen MR) is 260 cm³/mol. The molecule has 0 amide bonds. The molecule has 1 aliphatic carbocycles. The van der Waals surface area contributed by atoms with Gasteiger partial charge in [0, 0.05) is 42.6 Å². The van der Waals surface area contributed by atoms with E-state index in [-0.39, 0.29) is 5.41 Å². The Bertz CT molecular complexity index is 3260. The van der Waals surface area contributed by atoms with Crippen LogP contribution in [-0.4, -0.2) is 8.07 Å². The highest BCUT2D eigenvalue weighted by molar-refractivity contribution is 7.26. The molecule has 60 heavy (non-hydrogen) atoms. The third kappa shape index (κ3) is 5.09. The summed E-state index contributed by atoms with van der Waals surface area (Å²) in [6.45, 7) is 4.72. The molecule has 3 heteroatoms. The van der Waals surface area contributed by atoms with Crippen molar-refractivity contribution in [2.75, 3.05) is 4.90 Å². The minimum absolute atomic E-state index is 0.0459. The van der Waals surface area contributed by atoms with E-state index < -0.39 is 8.07 Å². The minimum atomic E-state index is -2.69. The molecule has 1 aromatic heterocycles. The Hall–Kier alpha value is -6.78. The number of thiophene rings is 1. The molecule has 9 aromatic carbocycles. The van der Waals surface area contributed by atoms with Crippen LogP contribution in [0.1, 0.15) is 25.0 Å². The standard InChI is InChI=1S/C57H41NSSi/c1-57(2)51-23-10-6-19-45(51)46-33-29-39(35-52(46)57)38-27-30-40(31-28-38)58(42-32-34-48-47-20-7-11-24-53(47)59-54(48)37-42)41-15-14-18-44(36-41)60(43-16-4-3-5-17-43)55-25-12-8-21-49(55)50-22-9-13-26-56(50)60/h3-37H,1-2H3. The number of nitrogens with zero attached hydrogens (tertiary/aromatic N) is 1. The lowest BCUT2D eigenvalue weighted by atomic mass is 9.81. The number of hydrogen-bond acceptors (Lipinski definition) is 2. The van der Waals surface area contributed by atoms with Gasteiger partial charge >= 0.3 is 0 Å².